The number of likely N-dealkylation sites (N-methyl/N-ethyl adjacent to an activating group) is 1. The molecular formula is C25H31N5O3. The SMILES string of the molecule is COc1cccc(CN(C)C(=O)CN2CCN(Cc3nc(-c4ccc(C)cc4)no3)CC2)c1. The molecule has 0 bridgehead atoms. The molecule has 2 aromatic carbocycles. The lowest BCUT2D eigenvalue weighted by Gasteiger charge is -2.34. The highest BCUT2D eigenvalue weighted by Crippen LogP contribution is 2.18. The quantitative estimate of drug-likeness (QED) is 0.523. The van der Waals surface area contributed by atoms with Gasteiger partial charge in [0.05, 0.1) is 20.2 Å². The van der Waals surface area contributed by atoms with E-state index in [0.29, 0.717) is 31.3 Å². The van der Waals surface area contributed by atoms with E-state index in [1.165, 1.54) is 5.56 Å². The Morgan fingerprint density at radius 3 is 2.55 bits per heavy atom. The maximum absolute atomic E-state index is 12.7. The summed E-state index contributed by atoms with van der Waals surface area (Å²) in [6.07, 6.45) is 0. The first-order chi connectivity index (χ1) is 16.0. The van der Waals surface area contributed by atoms with Crippen molar-refractivity contribution in [2.75, 3.05) is 46.9 Å². The van der Waals surface area contributed by atoms with Gasteiger partial charge in [0.15, 0.2) is 0 Å². The Bertz CT molecular complexity index is 1060. The summed E-state index contributed by atoms with van der Waals surface area (Å²) in [7, 11) is 3.49. The number of rotatable bonds is 8. The molecule has 1 aliphatic heterocycles. The molecule has 1 amide bonds. The van der Waals surface area contributed by atoms with E-state index < -0.39 is 0 Å². The first kappa shape index (κ1) is 22.9. The number of hydrogen-bond donors (Lipinski definition) is 0. The van der Waals surface area contributed by atoms with Crippen LogP contribution in [0.15, 0.2) is 53.1 Å². The smallest absolute Gasteiger partial charge is 0.241 e. The normalized spacial score (nSPS) is 14.9. The molecule has 174 valence electrons. The lowest BCUT2D eigenvalue weighted by atomic mass is 10.1. The molecule has 0 aliphatic carbocycles. The molecule has 8 heteroatoms. The zero-order chi connectivity index (χ0) is 23.2. The van der Waals surface area contributed by atoms with Gasteiger partial charge in [-0.25, -0.2) is 0 Å². The van der Waals surface area contributed by atoms with Crippen molar-refractivity contribution in [1.82, 2.24) is 24.8 Å². The zero-order valence-electron chi connectivity index (χ0n) is 19.5. The van der Waals surface area contributed by atoms with Gasteiger partial charge >= 0.3 is 0 Å². The number of aromatic nitrogens is 2. The Kier molecular flexibility index (Phi) is 7.36. The van der Waals surface area contributed by atoms with E-state index in [0.717, 1.165) is 43.1 Å². The maximum atomic E-state index is 12.7. The van der Waals surface area contributed by atoms with Gasteiger partial charge in [-0.05, 0) is 24.6 Å². The Balaban J connectivity index is 1.22. The van der Waals surface area contributed by atoms with E-state index in [4.69, 9.17) is 9.26 Å². The monoisotopic (exact) mass is 449 g/mol. The third-order valence-corrected chi connectivity index (χ3v) is 5.94. The van der Waals surface area contributed by atoms with Crippen LogP contribution in [-0.4, -0.2) is 77.6 Å². The predicted octanol–water partition coefficient (Wildman–Crippen LogP) is 2.83. The molecule has 2 heterocycles. The van der Waals surface area contributed by atoms with Gasteiger partial charge < -0.3 is 14.2 Å². The van der Waals surface area contributed by atoms with Crippen LogP contribution in [0.2, 0.25) is 0 Å². The highest BCUT2D eigenvalue weighted by molar-refractivity contribution is 5.78. The number of ether oxygens (including phenoxy) is 1. The van der Waals surface area contributed by atoms with Crippen LogP contribution in [-0.2, 0) is 17.9 Å². The highest BCUT2D eigenvalue weighted by Gasteiger charge is 2.22. The summed E-state index contributed by atoms with van der Waals surface area (Å²) < 4.78 is 10.7. The fraction of sp³-hybridized carbons (Fsp3) is 0.400. The number of hydrogen-bond acceptors (Lipinski definition) is 7. The molecule has 1 aliphatic rings. The van der Waals surface area contributed by atoms with Crippen molar-refractivity contribution in [3.05, 3.63) is 65.5 Å². The van der Waals surface area contributed by atoms with Gasteiger partial charge in [-0.3, -0.25) is 14.6 Å². The summed E-state index contributed by atoms with van der Waals surface area (Å²) in [5, 5.41) is 4.12. The number of carbonyl (C=O) groups is 1. The average molecular weight is 450 g/mol. The number of nitrogens with zero attached hydrogens (tertiary/aromatic N) is 5. The number of methoxy groups -OCH3 is 1. The number of carbonyl (C=O) groups excluding carboxylic acids is 1. The van der Waals surface area contributed by atoms with Crippen molar-refractivity contribution in [3.8, 4) is 17.1 Å². The van der Waals surface area contributed by atoms with E-state index in [1.54, 1.807) is 12.0 Å². The molecule has 1 saturated heterocycles. The molecular weight excluding hydrogens is 418 g/mol. The topological polar surface area (TPSA) is 74.9 Å². The fourth-order valence-electron chi connectivity index (χ4n) is 3.88. The number of amides is 1. The lowest BCUT2D eigenvalue weighted by Crippen LogP contribution is -2.49. The molecule has 0 radical (unpaired) electrons. The lowest BCUT2D eigenvalue weighted by molar-refractivity contribution is -0.132. The van der Waals surface area contributed by atoms with Crippen molar-refractivity contribution >= 4 is 5.91 Å². The first-order valence-corrected chi connectivity index (χ1v) is 11.2. The molecule has 0 N–H and O–H groups in total. The van der Waals surface area contributed by atoms with E-state index in [9.17, 15) is 4.79 Å². The van der Waals surface area contributed by atoms with Crippen molar-refractivity contribution in [3.63, 3.8) is 0 Å². The standard InChI is InChI=1S/C25H31N5O3/c1-19-7-9-21(10-8-19)25-26-23(33-27-25)17-29-11-13-30(14-12-29)18-24(31)28(2)16-20-5-4-6-22(15-20)32-3/h4-10,15H,11-14,16-18H2,1-3H3. The molecule has 1 aromatic heterocycles. The van der Waals surface area contributed by atoms with Gasteiger partial charge in [-0.1, -0.05) is 47.1 Å². The van der Waals surface area contributed by atoms with Crippen LogP contribution in [0, 0.1) is 6.92 Å². The molecule has 4 rings (SSSR count). The Hall–Kier alpha value is -3.23. The van der Waals surface area contributed by atoms with Crippen molar-refractivity contribution in [2.45, 2.75) is 20.0 Å². The van der Waals surface area contributed by atoms with Crippen LogP contribution in [0.3, 0.4) is 0 Å². The third kappa shape index (κ3) is 6.18. The molecule has 0 unspecified atom stereocenters. The van der Waals surface area contributed by atoms with Crippen molar-refractivity contribution in [2.24, 2.45) is 0 Å². The number of aryl methyl sites for hydroxylation is 1. The van der Waals surface area contributed by atoms with Gasteiger partial charge in [0, 0.05) is 45.3 Å². The second kappa shape index (κ2) is 10.6. The Labute approximate surface area is 194 Å². The second-order valence-electron chi connectivity index (χ2n) is 8.53. The van der Waals surface area contributed by atoms with Gasteiger partial charge in [-0.2, -0.15) is 4.98 Å². The minimum atomic E-state index is 0.117. The summed E-state index contributed by atoms with van der Waals surface area (Å²) in [6, 6.07) is 15.9. The summed E-state index contributed by atoms with van der Waals surface area (Å²) in [6.45, 7) is 7.04. The van der Waals surface area contributed by atoms with E-state index in [2.05, 4.69) is 26.9 Å². The van der Waals surface area contributed by atoms with Crippen LogP contribution in [0.4, 0.5) is 0 Å². The summed E-state index contributed by atoms with van der Waals surface area (Å²) >= 11 is 0. The molecule has 0 spiro atoms. The summed E-state index contributed by atoms with van der Waals surface area (Å²) in [4.78, 5) is 23.5. The largest absolute Gasteiger partial charge is 0.497 e. The Morgan fingerprint density at radius 2 is 1.82 bits per heavy atom. The van der Waals surface area contributed by atoms with Crippen LogP contribution in [0.5, 0.6) is 5.75 Å². The highest BCUT2D eigenvalue weighted by atomic mass is 16.5. The van der Waals surface area contributed by atoms with Gasteiger partial charge in [0.2, 0.25) is 17.6 Å². The van der Waals surface area contributed by atoms with Crippen molar-refractivity contribution in [1.29, 1.82) is 0 Å². The molecule has 33 heavy (non-hydrogen) atoms. The van der Waals surface area contributed by atoms with E-state index >= 15 is 0 Å². The Morgan fingerprint density at radius 1 is 1.09 bits per heavy atom. The summed E-state index contributed by atoms with van der Waals surface area (Å²) in [5.74, 6) is 2.16. The molecule has 1 fully saturated rings. The van der Waals surface area contributed by atoms with Gasteiger partial charge in [0.1, 0.15) is 5.75 Å². The molecule has 3 aromatic rings. The zero-order valence-corrected chi connectivity index (χ0v) is 19.5. The predicted molar refractivity (Wildman–Crippen MR) is 126 cm³/mol. The van der Waals surface area contributed by atoms with Gasteiger partial charge in [0.25, 0.3) is 0 Å². The van der Waals surface area contributed by atoms with Crippen LogP contribution >= 0.6 is 0 Å². The molecule has 0 saturated carbocycles. The number of benzene rings is 2. The minimum absolute atomic E-state index is 0.117. The van der Waals surface area contributed by atoms with Crippen LogP contribution < -0.4 is 4.74 Å². The van der Waals surface area contributed by atoms with Crippen molar-refractivity contribution < 1.29 is 14.1 Å². The van der Waals surface area contributed by atoms with Crippen LogP contribution in [0.1, 0.15) is 17.0 Å². The second-order valence-corrected chi connectivity index (χ2v) is 8.53. The molecule has 0 atom stereocenters. The summed E-state index contributed by atoms with van der Waals surface area (Å²) in [5.41, 5.74) is 3.21. The van der Waals surface area contributed by atoms with E-state index in [1.807, 2.05) is 55.6 Å². The number of piperazine rings is 1. The van der Waals surface area contributed by atoms with Crippen LogP contribution in [0.25, 0.3) is 11.4 Å². The average Bonchev–Trinajstić information content (AvgIpc) is 3.29. The minimum Gasteiger partial charge on any atom is -0.497 e. The third-order valence-electron chi connectivity index (χ3n) is 5.94. The van der Waals surface area contributed by atoms with E-state index in [-0.39, 0.29) is 5.91 Å². The molecule has 8 nitrogen and oxygen atoms in total. The maximum Gasteiger partial charge on any atom is 0.241 e. The fourth-order valence-corrected chi connectivity index (χ4v) is 3.88. The van der Waals surface area contributed by atoms with Gasteiger partial charge in [-0.15, -0.1) is 0 Å². The first-order valence-electron chi connectivity index (χ1n) is 11.2.